The number of carbonyl (C=O) groups is 1. The van der Waals surface area contributed by atoms with Gasteiger partial charge in [-0.05, 0) is 17.5 Å². The number of unbranched alkanes of at least 4 members (excludes halogenated alkanes) is 5. The molecule has 0 saturated heterocycles. The van der Waals surface area contributed by atoms with Gasteiger partial charge in [-0.1, -0.05) is 113 Å². The van der Waals surface area contributed by atoms with Gasteiger partial charge in [0.15, 0.2) is 0 Å². The molecule has 2 aromatic rings. The molecule has 1 unspecified atom stereocenters. The summed E-state index contributed by atoms with van der Waals surface area (Å²) in [4.78, 5) is 12.8. The van der Waals surface area contributed by atoms with E-state index in [0.717, 1.165) is 24.0 Å². The first-order valence-electron chi connectivity index (χ1n) is 10.1. The lowest BCUT2D eigenvalue weighted by Gasteiger charge is -2.22. The van der Waals surface area contributed by atoms with Gasteiger partial charge in [-0.3, -0.25) is 4.79 Å². The van der Waals surface area contributed by atoms with Crippen LogP contribution in [0.1, 0.15) is 76.0 Å². The molecule has 140 valence electrons. The van der Waals surface area contributed by atoms with Crippen LogP contribution in [0.2, 0.25) is 0 Å². The molecular weight excluding hydrogens is 318 g/mol. The van der Waals surface area contributed by atoms with Crippen LogP contribution in [0.25, 0.3) is 0 Å². The Bertz CT molecular complexity index is 584. The third-order valence-corrected chi connectivity index (χ3v) is 4.99. The topological polar surface area (TPSA) is 29.1 Å². The average Bonchev–Trinajstić information content (AvgIpc) is 2.69. The van der Waals surface area contributed by atoms with Gasteiger partial charge < -0.3 is 5.32 Å². The molecular formula is C24H33NO. The summed E-state index contributed by atoms with van der Waals surface area (Å²) in [6, 6.07) is 20.3. The summed E-state index contributed by atoms with van der Waals surface area (Å²) in [5, 5.41) is 3.27. The molecule has 0 heterocycles. The van der Waals surface area contributed by atoms with E-state index in [0.29, 0.717) is 0 Å². The van der Waals surface area contributed by atoms with Gasteiger partial charge in [-0.2, -0.15) is 0 Å². The van der Waals surface area contributed by atoms with E-state index in [2.05, 4.69) is 43.4 Å². The Morgan fingerprint density at radius 3 is 1.85 bits per heavy atom. The molecule has 2 nitrogen and oxygen atoms in total. The maximum Gasteiger partial charge on any atom is 0.223 e. The summed E-state index contributed by atoms with van der Waals surface area (Å²) in [7, 11) is 0. The predicted octanol–water partition coefficient (Wildman–Crippen LogP) is 6.28. The molecule has 0 spiro atoms. The van der Waals surface area contributed by atoms with Crippen LogP contribution in [-0.4, -0.2) is 5.91 Å². The minimum atomic E-state index is -0.0862. The molecule has 0 fully saturated rings. The van der Waals surface area contributed by atoms with Crippen LogP contribution in [0.5, 0.6) is 0 Å². The molecule has 0 aliphatic heterocycles. The van der Waals surface area contributed by atoms with Crippen molar-refractivity contribution in [1.29, 1.82) is 0 Å². The van der Waals surface area contributed by atoms with Crippen molar-refractivity contribution in [2.24, 2.45) is 5.92 Å². The number of rotatable bonds is 11. The SMILES string of the molecule is CCCCCCCCC(C)C(=O)NC(c1ccccc1)c1ccccc1. The number of amides is 1. The molecule has 0 bridgehead atoms. The number of hydrogen-bond acceptors (Lipinski definition) is 1. The van der Waals surface area contributed by atoms with E-state index in [-0.39, 0.29) is 17.9 Å². The summed E-state index contributed by atoms with van der Waals surface area (Å²) in [5.74, 6) is 0.201. The molecule has 0 aromatic heterocycles. The summed E-state index contributed by atoms with van der Waals surface area (Å²) < 4.78 is 0. The van der Waals surface area contributed by atoms with Gasteiger partial charge in [0.25, 0.3) is 0 Å². The monoisotopic (exact) mass is 351 g/mol. The molecule has 2 rings (SSSR count). The van der Waals surface area contributed by atoms with Crippen molar-refractivity contribution in [2.75, 3.05) is 0 Å². The first kappa shape index (κ1) is 20.2. The number of carbonyl (C=O) groups excluding carboxylic acids is 1. The lowest BCUT2D eigenvalue weighted by atomic mass is 9.96. The van der Waals surface area contributed by atoms with Gasteiger partial charge in [0.2, 0.25) is 5.91 Å². The fraction of sp³-hybridized carbons (Fsp3) is 0.458. The largest absolute Gasteiger partial charge is 0.345 e. The second-order valence-corrected chi connectivity index (χ2v) is 7.22. The summed E-state index contributed by atoms with van der Waals surface area (Å²) in [6.45, 7) is 4.29. The van der Waals surface area contributed by atoms with E-state index in [1.54, 1.807) is 0 Å². The van der Waals surface area contributed by atoms with E-state index in [1.807, 2.05) is 36.4 Å². The van der Waals surface area contributed by atoms with Gasteiger partial charge in [-0.25, -0.2) is 0 Å². The van der Waals surface area contributed by atoms with Crippen LogP contribution >= 0.6 is 0 Å². The lowest BCUT2D eigenvalue weighted by Crippen LogP contribution is -2.33. The lowest BCUT2D eigenvalue weighted by molar-refractivity contribution is -0.125. The van der Waals surface area contributed by atoms with Crippen LogP contribution in [0.4, 0.5) is 0 Å². The van der Waals surface area contributed by atoms with Crippen molar-refractivity contribution in [2.45, 2.75) is 64.8 Å². The molecule has 1 amide bonds. The van der Waals surface area contributed by atoms with E-state index >= 15 is 0 Å². The summed E-state index contributed by atoms with van der Waals surface area (Å²) >= 11 is 0. The summed E-state index contributed by atoms with van der Waals surface area (Å²) in [5.41, 5.74) is 2.25. The molecule has 2 heteroatoms. The Kier molecular flexibility index (Phi) is 8.95. The quantitative estimate of drug-likeness (QED) is 0.474. The third kappa shape index (κ3) is 6.67. The molecule has 0 radical (unpaired) electrons. The van der Waals surface area contributed by atoms with Crippen molar-refractivity contribution >= 4 is 5.91 Å². The summed E-state index contributed by atoms with van der Waals surface area (Å²) in [6.07, 6.45) is 8.55. The van der Waals surface area contributed by atoms with Gasteiger partial charge in [0.1, 0.15) is 0 Å². The molecule has 0 aliphatic rings. The van der Waals surface area contributed by atoms with Gasteiger partial charge in [-0.15, -0.1) is 0 Å². The van der Waals surface area contributed by atoms with Crippen molar-refractivity contribution in [1.82, 2.24) is 5.32 Å². The first-order valence-corrected chi connectivity index (χ1v) is 10.1. The highest BCUT2D eigenvalue weighted by atomic mass is 16.1. The van der Waals surface area contributed by atoms with E-state index < -0.39 is 0 Å². The van der Waals surface area contributed by atoms with Crippen molar-refractivity contribution < 1.29 is 4.79 Å². The predicted molar refractivity (Wildman–Crippen MR) is 110 cm³/mol. The van der Waals surface area contributed by atoms with Crippen molar-refractivity contribution in [3.63, 3.8) is 0 Å². The highest BCUT2D eigenvalue weighted by Crippen LogP contribution is 2.23. The minimum absolute atomic E-state index is 0.0519. The zero-order chi connectivity index (χ0) is 18.6. The van der Waals surface area contributed by atoms with E-state index in [1.165, 1.54) is 32.1 Å². The standard InChI is InChI=1S/C24H33NO/c1-3-4-5-6-7-10-15-20(2)24(26)25-23(21-16-11-8-12-17-21)22-18-13-9-14-19-22/h8-9,11-14,16-20,23H,3-7,10,15H2,1-2H3,(H,25,26). The normalized spacial score (nSPS) is 12.1. The van der Waals surface area contributed by atoms with E-state index in [9.17, 15) is 4.79 Å². The smallest absolute Gasteiger partial charge is 0.223 e. The molecule has 0 aliphatic carbocycles. The second-order valence-electron chi connectivity index (χ2n) is 7.22. The number of hydrogen-bond donors (Lipinski definition) is 1. The highest BCUT2D eigenvalue weighted by molar-refractivity contribution is 5.79. The Morgan fingerprint density at radius 1 is 0.808 bits per heavy atom. The maximum absolute atomic E-state index is 12.8. The Labute approximate surface area is 159 Å². The van der Waals surface area contributed by atoms with Gasteiger partial charge >= 0.3 is 0 Å². The fourth-order valence-corrected chi connectivity index (χ4v) is 3.30. The second kappa shape index (κ2) is 11.5. The first-order chi connectivity index (χ1) is 12.7. The Hall–Kier alpha value is -2.09. The molecule has 1 N–H and O–H groups in total. The van der Waals surface area contributed by atoms with Gasteiger partial charge in [0.05, 0.1) is 6.04 Å². The van der Waals surface area contributed by atoms with Crippen molar-refractivity contribution in [3.8, 4) is 0 Å². The van der Waals surface area contributed by atoms with E-state index in [4.69, 9.17) is 0 Å². The number of nitrogens with one attached hydrogen (secondary N) is 1. The Morgan fingerprint density at radius 2 is 1.31 bits per heavy atom. The minimum Gasteiger partial charge on any atom is -0.345 e. The Balaban J connectivity index is 1.92. The van der Waals surface area contributed by atoms with Crippen LogP contribution in [-0.2, 0) is 4.79 Å². The third-order valence-electron chi connectivity index (χ3n) is 4.99. The average molecular weight is 352 g/mol. The van der Waals surface area contributed by atoms with Crippen LogP contribution in [0.3, 0.4) is 0 Å². The van der Waals surface area contributed by atoms with Crippen molar-refractivity contribution in [3.05, 3.63) is 71.8 Å². The number of benzene rings is 2. The van der Waals surface area contributed by atoms with Crippen LogP contribution < -0.4 is 5.32 Å². The maximum atomic E-state index is 12.8. The van der Waals surface area contributed by atoms with Crippen LogP contribution in [0, 0.1) is 5.92 Å². The molecule has 2 aromatic carbocycles. The highest BCUT2D eigenvalue weighted by Gasteiger charge is 2.20. The molecule has 1 atom stereocenters. The van der Waals surface area contributed by atoms with Gasteiger partial charge in [0, 0.05) is 5.92 Å². The van der Waals surface area contributed by atoms with Crippen LogP contribution in [0.15, 0.2) is 60.7 Å². The zero-order valence-electron chi connectivity index (χ0n) is 16.3. The zero-order valence-corrected chi connectivity index (χ0v) is 16.3. The molecule has 0 saturated carbocycles. The fourth-order valence-electron chi connectivity index (χ4n) is 3.30. The molecule has 26 heavy (non-hydrogen) atoms.